The van der Waals surface area contributed by atoms with Gasteiger partial charge in [-0.1, -0.05) is 107 Å². The second-order valence-electron chi connectivity index (χ2n) is 11.2. The second kappa shape index (κ2) is 21.5. The van der Waals surface area contributed by atoms with Crippen molar-refractivity contribution in [1.82, 2.24) is 0 Å². The van der Waals surface area contributed by atoms with Gasteiger partial charge in [0, 0.05) is 0 Å². The quantitative estimate of drug-likeness (QED) is 0.0921. The van der Waals surface area contributed by atoms with Crippen LogP contribution in [0.4, 0.5) is 0 Å². The first kappa shape index (κ1) is 34.0. The predicted octanol–water partition coefficient (Wildman–Crippen LogP) is 9.17. The summed E-state index contributed by atoms with van der Waals surface area (Å²) in [6.07, 6.45) is 24.0. The van der Waals surface area contributed by atoms with Crippen LogP contribution < -0.4 is 4.74 Å². The molecule has 1 aliphatic heterocycles. The van der Waals surface area contributed by atoms with Gasteiger partial charge in [0.2, 0.25) is 0 Å². The van der Waals surface area contributed by atoms with Gasteiger partial charge in [0.15, 0.2) is 5.79 Å². The van der Waals surface area contributed by atoms with E-state index in [9.17, 15) is 0 Å². The summed E-state index contributed by atoms with van der Waals surface area (Å²) in [6.45, 7) is 7.05. The maximum absolute atomic E-state index is 6.13. The number of hydrogen-bond acceptors (Lipinski definition) is 4. The molecule has 1 aromatic carbocycles. The van der Waals surface area contributed by atoms with Crippen molar-refractivity contribution < 1.29 is 18.9 Å². The Morgan fingerprint density at radius 2 is 1.43 bits per heavy atom. The summed E-state index contributed by atoms with van der Waals surface area (Å²) in [7, 11) is 1.66. The van der Waals surface area contributed by atoms with E-state index in [0.29, 0.717) is 13.2 Å². The third kappa shape index (κ3) is 16.1. The SMILES string of the molecule is CCCCCCCCC/C=C\CCCCCCC[C@@H]1OC(C)(C)O[C@H]1C#CC#CCOCc1ccc(OC)cc1. The van der Waals surface area contributed by atoms with Crippen molar-refractivity contribution in [3.8, 4) is 29.4 Å². The minimum absolute atomic E-state index is 0.00481. The van der Waals surface area contributed by atoms with E-state index in [2.05, 4.69) is 42.8 Å². The van der Waals surface area contributed by atoms with Crippen LogP contribution in [0.25, 0.3) is 0 Å². The average molecular weight is 551 g/mol. The van der Waals surface area contributed by atoms with Crippen LogP contribution in [-0.2, 0) is 20.8 Å². The van der Waals surface area contributed by atoms with E-state index in [1.54, 1.807) is 7.11 Å². The Morgan fingerprint density at radius 1 is 0.800 bits per heavy atom. The van der Waals surface area contributed by atoms with E-state index in [0.717, 1.165) is 24.2 Å². The first-order valence-corrected chi connectivity index (χ1v) is 15.7. The van der Waals surface area contributed by atoms with E-state index in [4.69, 9.17) is 18.9 Å². The average Bonchev–Trinajstić information content (AvgIpc) is 3.25. The van der Waals surface area contributed by atoms with Crippen LogP contribution >= 0.6 is 0 Å². The predicted molar refractivity (Wildman–Crippen MR) is 166 cm³/mol. The number of benzene rings is 1. The Hall–Kier alpha value is -2.24. The first-order valence-electron chi connectivity index (χ1n) is 15.7. The molecule has 1 aromatic rings. The van der Waals surface area contributed by atoms with Crippen molar-refractivity contribution in [2.45, 2.75) is 142 Å². The van der Waals surface area contributed by atoms with E-state index < -0.39 is 5.79 Å². The van der Waals surface area contributed by atoms with Gasteiger partial charge in [-0.3, -0.25) is 0 Å². The molecule has 40 heavy (non-hydrogen) atoms. The number of hydrogen-bond donors (Lipinski definition) is 0. The van der Waals surface area contributed by atoms with Crippen molar-refractivity contribution in [1.29, 1.82) is 0 Å². The molecule has 0 radical (unpaired) electrons. The zero-order valence-corrected chi connectivity index (χ0v) is 25.8. The minimum atomic E-state index is -0.597. The van der Waals surface area contributed by atoms with Crippen molar-refractivity contribution in [3.05, 3.63) is 42.0 Å². The largest absolute Gasteiger partial charge is 0.497 e. The molecule has 0 saturated carbocycles. The monoisotopic (exact) mass is 550 g/mol. The third-order valence-electron chi connectivity index (χ3n) is 7.15. The van der Waals surface area contributed by atoms with Crippen LogP contribution in [0, 0.1) is 23.7 Å². The molecule has 0 aromatic heterocycles. The van der Waals surface area contributed by atoms with Crippen molar-refractivity contribution >= 4 is 0 Å². The molecule has 2 atom stereocenters. The molecule has 1 saturated heterocycles. The van der Waals surface area contributed by atoms with Gasteiger partial charge in [0.1, 0.15) is 18.5 Å². The molecule has 0 bridgehead atoms. The molecule has 1 heterocycles. The lowest BCUT2D eigenvalue weighted by Crippen LogP contribution is -2.21. The summed E-state index contributed by atoms with van der Waals surface area (Å²) < 4.78 is 23.0. The molecule has 1 fully saturated rings. The van der Waals surface area contributed by atoms with Gasteiger partial charge in [-0.15, -0.1) is 0 Å². The normalized spacial score (nSPS) is 17.8. The second-order valence-corrected chi connectivity index (χ2v) is 11.2. The molecule has 0 N–H and O–H groups in total. The number of ether oxygens (including phenoxy) is 4. The van der Waals surface area contributed by atoms with Gasteiger partial charge in [-0.05, 0) is 75.5 Å². The molecule has 0 amide bonds. The molecule has 0 unspecified atom stereocenters. The molecular weight excluding hydrogens is 496 g/mol. The summed E-state index contributed by atoms with van der Waals surface area (Å²) in [5.41, 5.74) is 1.08. The smallest absolute Gasteiger partial charge is 0.165 e. The minimum Gasteiger partial charge on any atom is -0.497 e. The lowest BCUT2D eigenvalue weighted by molar-refractivity contribution is -0.143. The van der Waals surface area contributed by atoms with Gasteiger partial charge in [-0.2, -0.15) is 0 Å². The fourth-order valence-electron chi connectivity index (χ4n) is 4.89. The maximum atomic E-state index is 6.13. The standard InChI is InChI=1S/C36H54O4/c1-5-6-7-8-9-10-11-12-13-14-15-16-17-18-19-21-24-34-35(40-36(2,3)39-34)25-22-20-23-30-38-31-32-26-28-33(37-4)29-27-32/h13-14,26-29,34-35H,5-12,15-19,21,24,30-31H2,1-4H3/b14-13-/t34-,35-/m0/s1. The molecule has 222 valence electrons. The Morgan fingerprint density at radius 3 is 2.08 bits per heavy atom. The van der Waals surface area contributed by atoms with Gasteiger partial charge in [0.25, 0.3) is 0 Å². The summed E-state index contributed by atoms with van der Waals surface area (Å²) >= 11 is 0. The van der Waals surface area contributed by atoms with Gasteiger partial charge >= 0.3 is 0 Å². The van der Waals surface area contributed by atoms with Gasteiger partial charge < -0.3 is 18.9 Å². The van der Waals surface area contributed by atoms with Crippen molar-refractivity contribution in [2.24, 2.45) is 0 Å². The zero-order valence-electron chi connectivity index (χ0n) is 25.8. The van der Waals surface area contributed by atoms with E-state index in [-0.39, 0.29) is 12.2 Å². The van der Waals surface area contributed by atoms with E-state index >= 15 is 0 Å². The Labute approximate surface area is 245 Å². The van der Waals surface area contributed by atoms with Gasteiger partial charge in [-0.25, -0.2) is 0 Å². The maximum Gasteiger partial charge on any atom is 0.165 e. The van der Waals surface area contributed by atoms with Crippen molar-refractivity contribution in [2.75, 3.05) is 13.7 Å². The Bertz CT molecular complexity index is 926. The van der Waals surface area contributed by atoms with Crippen LogP contribution in [-0.4, -0.2) is 31.7 Å². The molecule has 1 aliphatic rings. The van der Waals surface area contributed by atoms with Crippen LogP contribution in [0.5, 0.6) is 5.75 Å². The highest BCUT2D eigenvalue weighted by atomic mass is 16.7. The van der Waals surface area contributed by atoms with E-state index in [1.807, 2.05) is 38.1 Å². The lowest BCUT2D eigenvalue weighted by atomic mass is 10.0. The highest BCUT2D eigenvalue weighted by Crippen LogP contribution is 2.30. The lowest BCUT2D eigenvalue weighted by Gasteiger charge is -2.16. The Balaban J connectivity index is 1.53. The fraction of sp³-hybridized carbons (Fsp3) is 0.667. The number of methoxy groups -OCH3 is 1. The number of rotatable bonds is 20. The highest BCUT2D eigenvalue weighted by molar-refractivity contribution is 5.29. The third-order valence-corrected chi connectivity index (χ3v) is 7.15. The summed E-state index contributed by atoms with van der Waals surface area (Å²) in [5, 5.41) is 0. The van der Waals surface area contributed by atoms with E-state index in [1.165, 1.54) is 83.5 Å². The summed E-state index contributed by atoms with van der Waals surface area (Å²) in [4.78, 5) is 0. The van der Waals surface area contributed by atoms with Gasteiger partial charge in [0.05, 0.1) is 19.8 Å². The molecular formula is C36H54O4. The number of unbranched alkanes of at least 4 members (excludes halogenated alkanes) is 12. The van der Waals surface area contributed by atoms with Crippen LogP contribution in [0.2, 0.25) is 0 Å². The first-order chi connectivity index (χ1) is 19.5. The van der Waals surface area contributed by atoms with Crippen LogP contribution in [0.15, 0.2) is 36.4 Å². The van der Waals surface area contributed by atoms with Crippen LogP contribution in [0.3, 0.4) is 0 Å². The summed E-state index contributed by atoms with van der Waals surface area (Å²) in [5.74, 6) is 12.2. The molecule has 4 heteroatoms. The number of allylic oxidation sites excluding steroid dienone is 2. The molecule has 0 spiro atoms. The Kier molecular flexibility index (Phi) is 18.3. The highest BCUT2D eigenvalue weighted by Gasteiger charge is 2.39. The molecule has 0 aliphatic carbocycles. The summed E-state index contributed by atoms with van der Waals surface area (Å²) in [6, 6.07) is 7.83. The fourth-order valence-corrected chi connectivity index (χ4v) is 4.89. The topological polar surface area (TPSA) is 36.9 Å². The zero-order chi connectivity index (χ0) is 28.7. The van der Waals surface area contributed by atoms with Crippen molar-refractivity contribution in [3.63, 3.8) is 0 Å². The molecule has 4 nitrogen and oxygen atoms in total. The van der Waals surface area contributed by atoms with Crippen LogP contribution in [0.1, 0.15) is 123 Å². The molecule has 2 rings (SSSR count).